The smallest absolute Gasteiger partial charge is 0.272 e. The maximum atomic E-state index is 12.5. The van der Waals surface area contributed by atoms with E-state index in [1.54, 1.807) is 11.1 Å². The Morgan fingerprint density at radius 2 is 2.39 bits per heavy atom. The Balaban J connectivity index is 0.00000162. The fourth-order valence-electron chi connectivity index (χ4n) is 1.93. The lowest BCUT2D eigenvalue weighted by Crippen LogP contribution is -2.26. The fourth-order valence-corrected chi connectivity index (χ4v) is 1.93. The van der Waals surface area contributed by atoms with Gasteiger partial charge in [0.05, 0.1) is 19.1 Å². The number of nitrogens with two attached hydrogens (primary N) is 1. The molecule has 0 saturated carbocycles. The van der Waals surface area contributed by atoms with Gasteiger partial charge in [0.25, 0.3) is 5.91 Å². The molecule has 1 aliphatic rings. The number of amides is 1. The monoisotopic (exact) mass is 274 g/mol. The second-order valence-electron chi connectivity index (χ2n) is 3.97. The van der Waals surface area contributed by atoms with Crippen molar-refractivity contribution >= 4 is 18.3 Å². The number of rotatable bonds is 4. The quantitative estimate of drug-likeness (QED) is 0.894. The average molecular weight is 275 g/mol. The molecule has 0 aliphatic carbocycles. The Kier molecular flexibility index (Phi) is 4.86. The zero-order chi connectivity index (χ0) is 12.4. The Bertz CT molecular complexity index is 472. The lowest BCUT2D eigenvalue weighted by molar-refractivity contribution is 0.0776. The highest BCUT2D eigenvalue weighted by Crippen LogP contribution is 2.22. The Morgan fingerprint density at radius 1 is 1.67 bits per heavy atom. The Hall–Kier alpha value is -1.40. The van der Waals surface area contributed by atoms with Gasteiger partial charge in [-0.15, -0.1) is 12.4 Å². The number of fused-ring (bicyclic) bond motifs is 1. The molecule has 2 heterocycles. The molecule has 1 aliphatic heterocycles. The van der Waals surface area contributed by atoms with Crippen molar-refractivity contribution < 1.29 is 9.18 Å². The molecule has 0 saturated heterocycles. The van der Waals surface area contributed by atoms with Gasteiger partial charge in [-0.3, -0.25) is 9.48 Å². The first-order chi connectivity index (χ1) is 8.21. The van der Waals surface area contributed by atoms with Crippen LogP contribution in [0.4, 0.5) is 4.39 Å². The standard InChI is InChI=1S/C11H15FN4O.ClH/c1-2-15-7-9-5-14-16(10(9)11(15)17)6-8(3-12)4-13;/h3,5H,2,4,6-7,13H2,1H3;1H. The van der Waals surface area contributed by atoms with Crippen LogP contribution in [0.15, 0.2) is 18.1 Å². The third kappa shape index (κ3) is 2.39. The molecule has 0 spiro atoms. The van der Waals surface area contributed by atoms with Gasteiger partial charge in [0.15, 0.2) is 0 Å². The van der Waals surface area contributed by atoms with Crippen LogP contribution >= 0.6 is 12.4 Å². The van der Waals surface area contributed by atoms with Crippen molar-refractivity contribution in [3.05, 3.63) is 29.4 Å². The van der Waals surface area contributed by atoms with Crippen LogP contribution in [0.2, 0.25) is 0 Å². The summed E-state index contributed by atoms with van der Waals surface area (Å²) >= 11 is 0. The molecule has 1 amide bonds. The van der Waals surface area contributed by atoms with E-state index in [-0.39, 0.29) is 31.4 Å². The van der Waals surface area contributed by atoms with Gasteiger partial charge in [0, 0.05) is 25.2 Å². The molecule has 0 unspecified atom stereocenters. The summed E-state index contributed by atoms with van der Waals surface area (Å²) in [7, 11) is 0. The van der Waals surface area contributed by atoms with E-state index in [0.717, 1.165) is 5.56 Å². The molecule has 2 rings (SSSR count). The SMILES string of the molecule is CCN1Cc2cnn(CC(=CF)CN)c2C1=O.Cl. The Morgan fingerprint density at radius 3 is 2.94 bits per heavy atom. The van der Waals surface area contributed by atoms with Gasteiger partial charge in [-0.1, -0.05) is 0 Å². The third-order valence-corrected chi connectivity index (χ3v) is 2.92. The third-order valence-electron chi connectivity index (χ3n) is 2.92. The molecule has 1 aromatic heterocycles. The summed E-state index contributed by atoms with van der Waals surface area (Å²) in [6.45, 7) is 3.52. The molecule has 0 aromatic carbocycles. The minimum absolute atomic E-state index is 0. The summed E-state index contributed by atoms with van der Waals surface area (Å²) in [5, 5.41) is 4.10. The maximum absolute atomic E-state index is 12.5. The summed E-state index contributed by atoms with van der Waals surface area (Å²) in [5.41, 5.74) is 7.25. The first kappa shape index (κ1) is 14.7. The fraction of sp³-hybridized carbons (Fsp3) is 0.455. The Labute approximate surface area is 111 Å². The molecule has 0 bridgehead atoms. The van der Waals surface area contributed by atoms with Gasteiger partial charge in [-0.25, -0.2) is 4.39 Å². The normalized spacial score (nSPS) is 14.7. The summed E-state index contributed by atoms with van der Waals surface area (Å²) in [4.78, 5) is 13.7. The van der Waals surface area contributed by atoms with E-state index in [2.05, 4.69) is 5.10 Å². The van der Waals surface area contributed by atoms with Crippen molar-refractivity contribution in [2.75, 3.05) is 13.1 Å². The minimum atomic E-state index is -0.0461. The van der Waals surface area contributed by atoms with E-state index in [1.807, 2.05) is 6.92 Å². The van der Waals surface area contributed by atoms with Crippen LogP contribution in [0.25, 0.3) is 0 Å². The maximum Gasteiger partial charge on any atom is 0.272 e. The number of carbonyl (C=O) groups excluding carboxylic acids is 1. The van der Waals surface area contributed by atoms with Crippen LogP contribution < -0.4 is 5.73 Å². The van der Waals surface area contributed by atoms with Crippen molar-refractivity contribution in [3.63, 3.8) is 0 Å². The summed E-state index contributed by atoms with van der Waals surface area (Å²) in [6, 6.07) is 0. The van der Waals surface area contributed by atoms with Crippen molar-refractivity contribution in [2.45, 2.75) is 20.0 Å². The van der Waals surface area contributed by atoms with Crippen LogP contribution in [0.5, 0.6) is 0 Å². The van der Waals surface area contributed by atoms with E-state index < -0.39 is 0 Å². The number of hydrogen-bond acceptors (Lipinski definition) is 3. The molecule has 0 atom stereocenters. The predicted molar refractivity (Wildman–Crippen MR) is 68.1 cm³/mol. The second-order valence-corrected chi connectivity index (χ2v) is 3.97. The van der Waals surface area contributed by atoms with Crippen LogP contribution in [0, 0.1) is 0 Å². The molecule has 2 N–H and O–H groups in total. The van der Waals surface area contributed by atoms with Gasteiger partial charge in [0.1, 0.15) is 5.69 Å². The number of halogens is 2. The predicted octanol–water partition coefficient (Wildman–Crippen LogP) is 1.09. The van der Waals surface area contributed by atoms with Gasteiger partial charge in [0.2, 0.25) is 0 Å². The molecule has 0 fully saturated rings. The number of aromatic nitrogens is 2. The molecular formula is C11H16ClFN4O. The zero-order valence-corrected chi connectivity index (χ0v) is 10.9. The summed E-state index contributed by atoms with van der Waals surface area (Å²) in [6.07, 6.45) is 2.14. The van der Waals surface area contributed by atoms with E-state index in [1.165, 1.54) is 4.68 Å². The summed E-state index contributed by atoms with van der Waals surface area (Å²) < 4.78 is 14.0. The zero-order valence-electron chi connectivity index (χ0n) is 10.1. The number of carbonyl (C=O) groups is 1. The number of nitrogens with zero attached hydrogens (tertiary/aromatic N) is 3. The van der Waals surface area contributed by atoms with Crippen LogP contribution in [0.3, 0.4) is 0 Å². The highest BCUT2D eigenvalue weighted by atomic mass is 35.5. The first-order valence-electron chi connectivity index (χ1n) is 5.53. The molecule has 5 nitrogen and oxygen atoms in total. The molecule has 0 radical (unpaired) electrons. The topological polar surface area (TPSA) is 64.2 Å². The van der Waals surface area contributed by atoms with Crippen molar-refractivity contribution in [2.24, 2.45) is 5.73 Å². The van der Waals surface area contributed by atoms with Crippen molar-refractivity contribution in [1.29, 1.82) is 0 Å². The highest BCUT2D eigenvalue weighted by Gasteiger charge is 2.30. The molecule has 7 heteroatoms. The molecular weight excluding hydrogens is 259 g/mol. The van der Waals surface area contributed by atoms with E-state index >= 15 is 0 Å². The molecule has 18 heavy (non-hydrogen) atoms. The molecule has 100 valence electrons. The van der Waals surface area contributed by atoms with Crippen LogP contribution in [-0.2, 0) is 13.1 Å². The number of hydrogen-bond donors (Lipinski definition) is 1. The first-order valence-corrected chi connectivity index (χ1v) is 5.53. The van der Waals surface area contributed by atoms with Crippen LogP contribution in [-0.4, -0.2) is 33.7 Å². The minimum Gasteiger partial charge on any atom is -0.333 e. The van der Waals surface area contributed by atoms with Crippen LogP contribution in [0.1, 0.15) is 23.0 Å². The largest absolute Gasteiger partial charge is 0.333 e. The van der Waals surface area contributed by atoms with Gasteiger partial charge in [-0.2, -0.15) is 5.10 Å². The van der Waals surface area contributed by atoms with Crippen molar-refractivity contribution in [1.82, 2.24) is 14.7 Å². The lowest BCUT2D eigenvalue weighted by Gasteiger charge is -2.13. The summed E-state index contributed by atoms with van der Waals surface area (Å²) in [5.74, 6) is -0.0461. The van der Waals surface area contributed by atoms with Gasteiger partial charge < -0.3 is 10.6 Å². The van der Waals surface area contributed by atoms with Gasteiger partial charge >= 0.3 is 0 Å². The van der Waals surface area contributed by atoms with Crippen molar-refractivity contribution in [3.8, 4) is 0 Å². The second kappa shape index (κ2) is 5.97. The van der Waals surface area contributed by atoms with E-state index in [9.17, 15) is 9.18 Å². The van der Waals surface area contributed by atoms with E-state index in [0.29, 0.717) is 30.7 Å². The molecule has 1 aromatic rings. The highest BCUT2D eigenvalue weighted by molar-refractivity contribution is 5.96. The van der Waals surface area contributed by atoms with Gasteiger partial charge in [-0.05, 0) is 12.5 Å². The average Bonchev–Trinajstić information content (AvgIpc) is 2.87. The lowest BCUT2D eigenvalue weighted by atomic mass is 10.2. The van der Waals surface area contributed by atoms with E-state index in [4.69, 9.17) is 5.73 Å².